The van der Waals surface area contributed by atoms with Crippen molar-refractivity contribution in [2.45, 2.75) is 24.8 Å². The highest BCUT2D eigenvalue weighted by atomic mass is 79.9. The lowest BCUT2D eigenvalue weighted by molar-refractivity contribution is -0.130. The van der Waals surface area contributed by atoms with Crippen LogP contribution in [0.3, 0.4) is 0 Å². The number of benzene rings is 2. The van der Waals surface area contributed by atoms with Crippen molar-refractivity contribution in [2.24, 2.45) is 0 Å². The number of amides is 1. The van der Waals surface area contributed by atoms with Gasteiger partial charge in [-0.1, -0.05) is 28.1 Å². The molecule has 1 aromatic heterocycles. The van der Waals surface area contributed by atoms with Gasteiger partial charge in [-0.05, 0) is 66.4 Å². The van der Waals surface area contributed by atoms with Crippen LogP contribution in [-0.4, -0.2) is 24.1 Å². The first kappa shape index (κ1) is 21.5. The van der Waals surface area contributed by atoms with Crippen molar-refractivity contribution in [1.29, 1.82) is 0 Å². The van der Waals surface area contributed by atoms with Crippen LogP contribution in [0.25, 0.3) is 0 Å². The Morgan fingerprint density at radius 1 is 1.10 bits per heavy atom. The highest BCUT2D eigenvalue weighted by Gasteiger charge is 2.41. The first-order valence-corrected chi connectivity index (χ1v) is 10.8. The van der Waals surface area contributed by atoms with Gasteiger partial charge in [-0.3, -0.25) is 4.79 Å². The molecule has 160 valence electrons. The summed E-state index contributed by atoms with van der Waals surface area (Å²) in [5.41, 5.74) is 1.24. The monoisotopic (exact) mass is 484 g/mol. The van der Waals surface area contributed by atoms with Crippen LogP contribution in [0.4, 0.5) is 4.39 Å². The molecule has 0 spiro atoms. The number of rotatable bonds is 6. The fraction of sp³-hybridized carbons (Fsp3) is 0.250. The van der Waals surface area contributed by atoms with E-state index in [1.807, 2.05) is 30.3 Å². The van der Waals surface area contributed by atoms with Crippen molar-refractivity contribution < 1.29 is 18.7 Å². The largest absolute Gasteiger partial charge is 0.439 e. The minimum absolute atomic E-state index is 0.0177. The number of hydrogen-bond donors (Lipinski definition) is 1. The lowest BCUT2D eigenvalue weighted by atomic mass is 9.73. The second-order valence-corrected chi connectivity index (χ2v) is 8.36. The molecule has 4 rings (SSSR count). The molecule has 1 fully saturated rings. The molecule has 0 unspecified atom stereocenters. The average Bonchev–Trinajstić information content (AvgIpc) is 2.80. The standard InChI is InChI=1S/C24H22BrFN2O3/c25-19-3-1-18(2-4-19)24(10-13-30-14-11-24)23(29)28-16-17-9-12-27-22(15-17)31-21-7-5-20(26)6-8-21/h1-9,12,15H,10-11,13-14,16H2,(H,28,29). The molecule has 31 heavy (non-hydrogen) atoms. The highest BCUT2D eigenvalue weighted by Crippen LogP contribution is 2.36. The van der Waals surface area contributed by atoms with E-state index >= 15 is 0 Å². The van der Waals surface area contributed by atoms with Crippen LogP contribution in [0.15, 0.2) is 71.3 Å². The van der Waals surface area contributed by atoms with Crippen LogP contribution in [0.1, 0.15) is 24.0 Å². The zero-order valence-corrected chi connectivity index (χ0v) is 18.4. The third kappa shape index (κ3) is 5.11. The van der Waals surface area contributed by atoms with Crippen LogP contribution in [0, 0.1) is 5.82 Å². The van der Waals surface area contributed by atoms with Crippen molar-refractivity contribution in [3.63, 3.8) is 0 Å². The lowest BCUT2D eigenvalue weighted by Crippen LogP contribution is -2.47. The van der Waals surface area contributed by atoms with Crippen molar-refractivity contribution >= 4 is 21.8 Å². The quantitative estimate of drug-likeness (QED) is 0.526. The van der Waals surface area contributed by atoms with Gasteiger partial charge in [0.15, 0.2) is 0 Å². The summed E-state index contributed by atoms with van der Waals surface area (Å²) in [5, 5.41) is 3.08. The maximum Gasteiger partial charge on any atom is 0.231 e. The Hall–Kier alpha value is -2.77. The van der Waals surface area contributed by atoms with Gasteiger partial charge in [-0.2, -0.15) is 0 Å². The number of carbonyl (C=O) groups is 1. The van der Waals surface area contributed by atoms with E-state index in [2.05, 4.69) is 26.2 Å². The number of aromatic nitrogens is 1. The Morgan fingerprint density at radius 2 is 1.81 bits per heavy atom. The second kappa shape index (κ2) is 9.58. The van der Waals surface area contributed by atoms with E-state index < -0.39 is 5.41 Å². The summed E-state index contributed by atoms with van der Waals surface area (Å²) in [6.45, 7) is 1.45. The summed E-state index contributed by atoms with van der Waals surface area (Å²) in [5.74, 6) is 0.527. The van der Waals surface area contributed by atoms with Crippen molar-refractivity contribution in [3.8, 4) is 11.6 Å². The SMILES string of the molecule is O=C(NCc1ccnc(Oc2ccc(F)cc2)c1)C1(c2ccc(Br)cc2)CCOCC1. The molecule has 0 radical (unpaired) electrons. The first-order chi connectivity index (χ1) is 15.0. The van der Waals surface area contributed by atoms with Gasteiger partial charge in [-0.25, -0.2) is 9.37 Å². The molecule has 5 nitrogen and oxygen atoms in total. The molecule has 0 atom stereocenters. The summed E-state index contributed by atoms with van der Waals surface area (Å²) in [6, 6.07) is 17.2. The molecule has 1 amide bonds. The normalized spacial score (nSPS) is 15.3. The molecule has 3 aromatic rings. The summed E-state index contributed by atoms with van der Waals surface area (Å²) in [6.07, 6.45) is 2.89. The average molecular weight is 485 g/mol. The van der Waals surface area contributed by atoms with Gasteiger partial charge in [0, 0.05) is 36.5 Å². The van der Waals surface area contributed by atoms with Crippen molar-refractivity contribution in [2.75, 3.05) is 13.2 Å². The van der Waals surface area contributed by atoms with E-state index in [9.17, 15) is 9.18 Å². The van der Waals surface area contributed by atoms with Crippen LogP contribution in [-0.2, 0) is 21.5 Å². The topological polar surface area (TPSA) is 60.5 Å². The van der Waals surface area contributed by atoms with Gasteiger partial charge in [-0.15, -0.1) is 0 Å². The predicted octanol–water partition coefficient (Wildman–Crippen LogP) is 5.14. The van der Waals surface area contributed by atoms with E-state index in [1.165, 1.54) is 12.1 Å². The van der Waals surface area contributed by atoms with E-state index in [-0.39, 0.29) is 11.7 Å². The molecule has 0 bridgehead atoms. The van der Waals surface area contributed by atoms with E-state index in [4.69, 9.17) is 9.47 Å². The first-order valence-electron chi connectivity index (χ1n) is 10.1. The Kier molecular flexibility index (Phi) is 6.63. The number of ether oxygens (including phenoxy) is 2. The van der Waals surface area contributed by atoms with Gasteiger partial charge in [0.2, 0.25) is 11.8 Å². The Morgan fingerprint density at radius 3 is 2.52 bits per heavy atom. The van der Waals surface area contributed by atoms with Crippen LogP contribution in [0.2, 0.25) is 0 Å². The Balaban J connectivity index is 1.46. The van der Waals surface area contributed by atoms with Crippen molar-refractivity contribution in [1.82, 2.24) is 10.3 Å². The molecule has 0 saturated carbocycles. The maximum atomic E-state index is 13.3. The zero-order valence-electron chi connectivity index (χ0n) is 16.8. The summed E-state index contributed by atoms with van der Waals surface area (Å²) < 4.78 is 25.3. The predicted molar refractivity (Wildman–Crippen MR) is 118 cm³/mol. The van der Waals surface area contributed by atoms with Gasteiger partial charge in [0.25, 0.3) is 0 Å². The summed E-state index contributed by atoms with van der Waals surface area (Å²) in [7, 11) is 0. The molecule has 0 aliphatic carbocycles. The zero-order chi connectivity index (χ0) is 21.7. The number of carbonyl (C=O) groups excluding carboxylic acids is 1. The molecule has 1 N–H and O–H groups in total. The maximum absolute atomic E-state index is 13.3. The minimum atomic E-state index is -0.612. The third-order valence-electron chi connectivity index (χ3n) is 5.47. The molecule has 2 heterocycles. The number of pyridine rings is 1. The highest BCUT2D eigenvalue weighted by molar-refractivity contribution is 9.10. The van der Waals surface area contributed by atoms with Crippen molar-refractivity contribution in [3.05, 3.63) is 88.3 Å². The number of hydrogen-bond acceptors (Lipinski definition) is 4. The molecular weight excluding hydrogens is 463 g/mol. The minimum Gasteiger partial charge on any atom is -0.439 e. The summed E-state index contributed by atoms with van der Waals surface area (Å²) in [4.78, 5) is 17.5. The van der Waals surface area contributed by atoms with Gasteiger partial charge < -0.3 is 14.8 Å². The number of nitrogens with zero attached hydrogens (tertiary/aromatic N) is 1. The molecule has 2 aromatic carbocycles. The van der Waals surface area contributed by atoms with Crippen LogP contribution >= 0.6 is 15.9 Å². The lowest BCUT2D eigenvalue weighted by Gasteiger charge is -2.36. The molecule has 1 aliphatic rings. The number of nitrogens with one attached hydrogen (secondary N) is 1. The Bertz CT molecular complexity index is 1040. The molecule has 1 aliphatic heterocycles. The van der Waals surface area contributed by atoms with Gasteiger partial charge in [0.05, 0.1) is 5.41 Å². The van der Waals surface area contributed by atoms with E-state index in [1.54, 1.807) is 24.4 Å². The van der Waals surface area contributed by atoms with Crippen LogP contribution < -0.4 is 10.1 Å². The molecule has 1 saturated heterocycles. The Labute approximate surface area is 188 Å². The van der Waals surface area contributed by atoms with Gasteiger partial charge >= 0.3 is 0 Å². The smallest absolute Gasteiger partial charge is 0.231 e. The summed E-state index contributed by atoms with van der Waals surface area (Å²) >= 11 is 3.46. The van der Waals surface area contributed by atoms with Crippen LogP contribution in [0.5, 0.6) is 11.6 Å². The molecule has 7 heteroatoms. The number of halogens is 2. The molecular formula is C24H22BrFN2O3. The fourth-order valence-electron chi connectivity index (χ4n) is 3.73. The van der Waals surface area contributed by atoms with E-state index in [0.29, 0.717) is 44.2 Å². The van der Waals surface area contributed by atoms with E-state index in [0.717, 1.165) is 15.6 Å². The third-order valence-corrected chi connectivity index (χ3v) is 5.99. The second-order valence-electron chi connectivity index (χ2n) is 7.44. The van der Waals surface area contributed by atoms with Gasteiger partial charge in [0.1, 0.15) is 11.6 Å². The fourth-order valence-corrected chi connectivity index (χ4v) is 3.99.